The Bertz CT molecular complexity index is 574. The van der Waals surface area contributed by atoms with E-state index in [9.17, 15) is 0 Å². The second kappa shape index (κ2) is 2.36. The minimum Gasteiger partial charge on any atom is -0.320 e. The summed E-state index contributed by atoms with van der Waals surface area (Å²) < 4.78 is 3.62. The van der Waals surface area contributed by atoms with Gasteiger partial charge in [-0.05, 0) is 42.0 Å². The van der Waals surface area contributed by atoms with Crippen LogP contribution in [0.15, 0.2) is 35.8 Å². The highest BCUT2D eigenvalue weighted by molar-refractivity contribution is 7.18. The zero-order valence-electron chi connectivity index (χ0n) is 7.32. The Labute approximate surface area is 80.2 Å². The number of rotatable bonds is 0. The van der Waals surface area contributed by atoms with Crippen molar-refractivity contribution in [2.45, 2.75) is 6.92 Å². The Morgan fingerprint density at radius 2 is 2.23 bits per heavy atom. The zero-order chi connectivity index (χ0) is 8.84. The van der Waals surface area contributed by atoms with E-state index in [4.69, 9.17) is 0 Å². The molecule has 0 amide bonds. The van der Waals surface area contributed by atoms with E-state index >= 15 is 0 Å². The fraction of sp³-hybridized carbons (Fsp3) is 0.0909. The van der Waals surface area contributed by atoms with E-state index in [1.165, 1.54) is 21.3 Å². The molecule has 3 aromatic heterocycles. The fourth-order valence-electron chi connectivity index (χ4n) is 1.81. The molecule has 0 atom stereocenters. The van der Waals surface area contributed by atoms with Gasteiger partial charge in [0.2, 0.25) is 0 Å². The smallest absolute Gasteiger partial charge is 0.0631 e. The number of fused-ring (bicyclic) bond motifs is 3. The van der Waals surface area contributed by atoms with Crippen molar-refractivity contribution in [3.63, 3.8) is 0 Å². The summed E-state index contributed by atoms with van der Waals surface area (Å²) in [5, 5.41) is 3.51. The van der Waals surface area contributed by atoms with Crippen molar-refractivity contribution in [2.24, 2.45) is 0 Å². The number of hydrogen-bond donors (Lipinski definition) is 0. The standard InChI is InChI=1S/C11H9NS/c1-8-7-9-4-6-13-11(9)10-3-2-5-12(8)10/h2-7H,1H3. The minimum atomic E-state index is 1.30. The second-order valence-electron chi connectivity index (χ2n) is 3.25. The van der Waals surface area contributed by atoms with Crippen molar-refractivity contribution < 1.29 is 0 Å². The molecule has 64 valence electrons. The third-order valence-corrected chi connectivity index (χ3v) is 3.37. The van der Waals surface area contributed by atoms with Crippen LogP contribution < -0.4 is 0 Å². The van der Waals surface area contributed by atoms with Gasteiger partial charge in [-0.25, -0.2) is 0 Å². The van der Waals surface area contributed by atoms with E-state index in [0.29, 0.717) is 0 Å². The van der Waals surface area contributed by atoms with Crippen LogP contribution in [0.5, 0.6) is 0 Å². The Balaban J connectivity index is 2.70. The first-order valence-electron chi connectivity index (χ1n) is 4.30. The monoisotopic (exact) mass is 187 g/mol. The first-order chi connectivity index (χ1) is 6.36. The van der Waals surface area contributed by atoms with Crippen LogP contribution in [0.1, 0.15) is 5.69 Å². The average Bonchev–Trinajstić information content (AvgIpc) is 2.66. The molecule has 0 saturated heterocycles. The van der Waals surface area contributed by atoms with Gasteiger partial charge in [0, 0.05) is 11.9 Å². The second-order valence-corrected chi connectivity index (χ2v) is 4.17. The van der Waals surface area contributed by atoms with Crippen molar-refractivity contribution in [1.82, 2.24) is 4.40 Å². The fourth-order valence-corrected chi connectivity index (χ4v) is 2.71. The molecule has 0 fully saturated rings. The van der Waals surface area contributed by atoms with Crippen LogP contribution in [0, 0.1) is 6.92 Å². The molecule has 0 aromatic carbocycles. The van der Waals surface area contributed by atoms with Gasteiger partial charge >= 0.3 is 0 Å². The van der Waals surface area contributed by atoms with E-state index in [1.54, 1.807) is 0 Å². The normalized spacial score (nSPS) is 11.5. The highest BCUT2D eigenvalue weighted by atomic mass is 32.1. The van der Waals surface area contributed by atoms with E-state index in [2.05, 4.69) is 47.2 Å². The van der Waals surface area contributed by atoms with Gasteiger partial charge in [0.25, 0.3) is 0 Å². The number of hydrogen-bond acceptors (Lipinski definition) is 1. The Morgan fingerprint density at radius 3 is 3.15 bits per heavy atom. The highest BCUT2D eigenvalue weighted by Gasteiger charge is 2.03. The third kappa shape index (κ3) is 0.864. The number of aryl methyl sites for hydroxylation is 1. The maximum absolute atomic E-state index is 2.23. The summed E-state index contributed by atoms with van der Waals surface area (Å²) in [6.07, 6.45) is 2.11. The van der Waals surface area contributed by atoms with Crippen molar-refractivity contribution in [3.8, 4) is 0 Å². The topological polar surface area (TPSA) is 4.41 Å². The summed E-state index contributed by atoms with van der Waals surface area (Å²) in [5.74, 6) is 0. The van der Waals surface area contributed by atoms with E-state index in [1.807, 2.05) is 11.3 Å². The van der Waals surface area contributed by atoms with Crippen LogP contribution in [-0.2, 0) is 0 Å². The molecular weight excluding hydrogens is 178 g/mol. The predicted octanol–water partition coefficient (Wildman–Crippen LogP) is 3.46. The van der Waals surface area contributed by atoms with Gasteiger partial charge in [-0.2, -0.15) is 0 Å². The molecule has 3 aromatic rings. The summed E-state index contributed by atoms with van der Waals surface area (Å²) in [4.78, 5) is 0. The third-order valence-electron chi connectivity index (χ3n) is 2.42. The summed E-state index contributed by atoms with van der Waals surface area (Å²) >= 11 is 1.81. The van der Waals surface area contributed by atoms with E-state index in [-0.39, 0.29) is 0 Å². The molecule has 2 heteroatoms. The molecule has 0 saturated carbocycles. The van der Waals surface area contributed by atoms with Crippen molar-refractivity contribution >= 4 is 26.9 Å². The molecule has 3 heterocycles. The van der Waals surface area contributed by atoms with Gasteiger partial charge in [-0.3, -0.25) is 0 Å². The number of thiophene rings is 1. The van der Waals surface area contributed by atoms with Gasteiger partial charge in [-0.1, -0.05) is 0 Å². The Hall–Kier alpha value is -1.28. The lowest BCUT2D eigenvalue weighted by molar-refractivity contribution is 1.12. The number of aromatic nitrogens is 1. The zero-order valence-corrected chi connectivity index (χ0v) is 8.14. The highest BCUT2D eigenvalue weighted by Crippen LogP contribution is 2.27. The van der Waals surface area contributed by atoms with Crippen LogP contribution in [0.2, 0.25) is 0 Å². The molecule has 0 bridgehead atoms. The SMILES string of the molecule is Cc1cc2ccsc2c2cccn12. The molecule has 0 N–H and O–H groups in total. The van der Waals surface area contributed by atoms with Crippen molar-refractivity contribution in [1.29, 1.82) is 0 Å². The lowest BCUT2D eigenvalue weighted by Gasteiger charge is -2.01. The first kappa shape index (κ1) is 7.15. The van der Waals surface area contributed by atoms with Crippen molar-refractivity contribution in [2.75, 3.05) is 0 Å². The molecule has 0 aliphatic carbocycles. The summed E-state index contributed by atoms with van der Waals surface area (Å²) in [6.45, 7) is 2.14. The summed E-state index contributed by atoms with van der Waals surface area (Å²) in [5.41, 5.74) is 2.62. The maximum atomic E-state index is 2.23. The van der Waals surface area contributed by atoms with E-state index < -0.39 is 0 Å². The van der Waals surface area contributed by atoms with Gasteiger partial charge in [-0.15, -0.1) is 11.3 Å². The Kier molecular flexibility index (Phi) is 1.30. The average molecular weight is 187 g/mol. The molecule has 0 radical (unpaired) electrons. The van der Waals surface area contributed by atoms with Gasteiger partial charge in [0.15, 0.2) is 0 Å². The Morgan fingerprint density at radius 1 is 1.31 bits per heavy atom. The van der Waals surface area contributed by atoms with Crippen LogP contribution in [0.4, 0.5) is 0 Å². The van der Waals surface area contributed by atoms with Crippen LogP contribution in [-0.4, -0.2) is 4.40 Å². The molecule has 0 aliphatic rings. The van der Waals surface area contributed by atoms with Crippen LogP contribution in [0.25, 0.3) is 15.6 Å². The molecule has 13 heavy (non-hydrogen) atoms. The molecule has 0 aliphatic heterocycles. The molecule has 3 rings (SSSR count). The van der Waals surface area contributed by atoms with Crippen molar-refractivity contribution in [3.05, 3.63) is 41.5 Å². The van der Waals surface area contributed by atoms with E-state index in [0.717, 1.165) is 0 Å². The molecule has 1 nitrogen and oxygen atoms in total. The van der Waals surface area contributed by atoms with Crippen LogP contribution >= 0.6 is 11.3 Å². The van der Waals surface area contributed by atoms with Crippen LogP contribution in [0.3, 0.4) is 0 Å². The number of nitrogens with zero attached hydrogens (tertiary/aromatic N) is 1. The quantitative estimate of drug-likeness (QED) is 0.507. The predicted molar refractivity (Wildman–Crippen MR) is 57.5 cm³/mol. The minimum absolute atomic E-state index is 1.30. The largest absolute Gasteiger partial charge is 0.320 e. The lowest BCUT2D eigenvalue weighted by atomic mass is 10.2. The molecule has 0 spiro atoms. The maximum Gasteiger partial charge on any atom is 0.0631 e. The summed E-state index contributed by atoms with van der Waals surface area (Å²) in [6, 6.07) is 8.69. The van der Waals surface area contributed by atoms with Gasteiger partial charge < -0.3 is 4.40 Å². The van der Waals surface area contributed by atoms with Gasteiger partial charge in [0.05, 0.1) is 10.2 Å². The molecular formula is C11H9NS. The molecule has 0 unspecified atom stereocenters. The lowest BCUT2D eigenvalue weighted by Crippen LogP contribution is -1.87. The van der Waals surface area contributed by atoms with Gasteiger partial charge in [0.1, 0.15) is 0 Å². The first-order valence-corrected chi connectivity index (χ1v) is 5.18. The number of pyridine rings is 1. The summed E-state index contributed by atoms with van der Waals surface area (Å²) in [7, 11) is 0.